The monoisotopic (exact) mass is 501 g/mol. The van der Waals surface area contributed by atoms with Crippen molar-refractivity contribution in [2.45, 2.75) is 55.9 Å². The van der Waals surface area contributed by atoms with E-state index in [0.717, 1.165) is 4.09 Å². The first-order valence-electron chi connectivity index (χ1n) is 11.2. The minimum atomic E-state index is -3.48. The van der Waals surface area contributed by atoms with Gasteiger partial charge in [0.15, 0.2) is 5.82 Å². The predicted octanol–water partition coefficient (Wildman–Crippen LogP) is 2.48. The fraction of sp³-hybridized carbons (Fsp3) is 0.409. The molecular weight excluding hydrogens is 480 g/mol. The minimum Gasteiger partial charge on any atom is -0.388 e. The number of pyridine rings is 1. The van der Waals surface area contributed by atoms with Crippen molar-refractivity contribution in [3.8, 4) is 11.4 Å². The highest BCUT2D eigenvalue weighted by Crippen LogP contribution is 2.47. The third kappa shape index (κ3) is 3.97. The first-order chi connectivity index (χ1) is 16.7. The molecule has 0 radical (unpaired) electrons. The second-order valence-electron chi connectivity index (χ2n) is 9.03. The number of hydrogen-bond donors (Lipinski definition) is 1. The number of nitrogens with zero attached hydrogens (tertiary/aromatic N) is 7. The number of halogens is 2. The molecule has 2 aliphatic carbocycles. The van der Waals surface area contributed by atoms with Crippen LogP contribution in [0.25, 0.3) is 22.4 Å². The quantitative estimate of drug-likeness (QED) is 0.409. The molecule has 2 fully saturated rings. The van der Waals surface area contributed by atoms with Crippen molar-refractivity contribution in [2.24, 2.45) is 0 Å². The third-order valence-electron chi connectivity index (χ3n) is 6.38. The Bertz CT molecular complexity index is 1540. The van der Waals surface area contributed by atoms with Crippen molar-refractivity contribution in [2.75, 3.05) is 0 Å². The minimum absolute atomic E-state index is 0.289. The zero-order chi connectivity index (χ0) is 24.4. The van der Waals surface area contributed by atoms with Crippen LogP contribution in [-0.4, -0.2) is 58.4 Å². The smallest absolute Gasteiger partial charge is 0.256 e. The largest absolute Gasteiger partial charge is 0.388 e. The Balaban J connectivity index is 1.28. The zero-order valence-electron chi connectivity index (χ0n) is 18.4. The number of aromatic nitrogens is 7. The molecule has 35 heavy (non-hydrogen) atoms. The van der Waals surface area contributed by atoms with E-state index in [9.17, 15) is 22.3 Å². The molecule has 2 saturated carbocycles. The summed E-state index contributed by atoms with van der Waals surface area (Å²) in [5, 5.41) is 13.3. The molecule has 4 heterocycles. The Labute approximate surface area is 198 Å². The van der Waals surface area contributed by atoms with Crippen LogP contribution in [0.1, 0.15) is 48.9 Å². The van der Waals surface area contributed by atoms with Crippen molar-refractivity contribution in [3.63, 3.8) is 0 Å². The van der Waals surface area contributed by atoms with Crippen molar-refractivity contribution < 1.29 is 22.3 Å². The Morgan fingerprint density at radius 3 is 2.63 bits per heavy atom. The van der Waals surface area contributed by atoms with Crippen LogP contribution in [-0.2, 0) is 23.1 Å². The summed E-state index contributed by atoms with van der Waals surface area (Å²) in [4.78, 5) is 17.6. The Morgan fingerprint density at radius 1 is 1.11 bits per heavy atom. The zero-order valence-corrected chi connectivity index (χ0v) is 19.2. The molecule has 1 N–H and O–H groups in total. The van der Waals surface area contributed by atoms with Crippen LogP contribution in [0.15, 0.2) is 36.9 Å². The number of aliphatic hydroxyl groups is 1. The number of alkyl halides is 2. The Kier molecular flexibility index (Phi) is 4.97. The van der Waals surface area contributed by atoms with Crippen molar-refractivity contribution >= 4 is 21.1 Å². The summed E-state index contributed by atoms with van der Waals surface area (Å²) < 4.78 is 54.5. The maximum Gasteiger partial charge on any atom is 0.256 e. The van der Waals surface area contributed by atoms with Crippen LogP contribution >= 0.6 is 0 Å². The van der Waals surface area contributed by atoms with Gasteiger partial charge in [-0.2, -0.15) is 9.19 Å². The van der Waals surface area contributed by atoms with Crippen LogP contribution in [0.4, 0.5) is 8.78 Å². The molecule has 0 unspecified atom stereocenters. The molecule has 0 bridgehead atoms. The number of hydrogen-bond acceptors (Lipinski definition) is 8. The van der Waals surface area contributed by atoms with Crippen molar-refractivity contribution in [3.05, 3.63) is 54.1 Å². The van der Waals surface area contributed by atoms with Gasteiger partial charge in [-0.25, -0.2) is 32.2 Å². The van der Waals surface area contributed by atoms with Gasteiger partial charge in [-0.15, -0.1) is 0 Å². The highest BCUT2D eigenvalue weighted by molar-refractivity contribution is 7.90. The van der Waals surface area contributed by atoms with E-state index in [1.54, 1.807) is 29.1 Å². The molecule has 0 amide bonds. The van der Waals surface area contributed by atoms with E-state index < -0.39 is 22.0 Å². The number of imidazole rings is 1. The maximum atomic E-state index is 13.5. The van der Waals surface area contributed by atoms with Gasteiger partial charge in [0.1, 0.15) is 17.9 Å². The molecule has 6 rings (SSSR count). The first-order valence-corrected chi connectivity index (χ1v) is 12.7. The molecule has 0 aliphatic heterocycles. The van der Waals surface area contributed by atoms with E-state index >= 15 is 0 Å². The first kappa shape index (κ1) is 22.2. The summed E-state index contributed by atoms with van der Waals surface area (Å²) in [5.41, 5.74) is 2.94. The van der Waals surface area contributed by atoms with Gasteiger partial charge in [0.2, 0.25) is 0 Å². The summed E-state index contributed by atoms with van der Waals surface area (Å²) in [6.07, 6.45) is 7.02. The van der Waals surface area contributed by atoms with Crippen molar-refractivity contribution in [1.82, 2.24) is 33.7 Å². The van der Waals surface area contributed by atoms with Gasteiger partial charge in [-0.1, -0.05) is 0 Å². The van der Waals surface area contributed by atoms with Gasteiger partial charge in [-0.05, 0) is 25.0 Å². The third-order valence-corrected chi connectivity index (χ3v) is 8.42. The Hall–Kier alpha value is -3.32. The van der Waals surface area contributed by atoms with Crippen LogP contribution in [0.5, 0.6) is 0 Å². The molecule has 0 spiro atoms. The lowest BCUT2D eigenvalue weighted by Crippen LogP contribution is -2.37. The molecule has 2 aliphatic rings. The van der Waals surface area contributed by atoms with Crippen molar-refractivity contribution in [1.29, 1.82) is 0 Å². The maximum absolute atomic E-state index is 13.5. The van der Waals surface area contributed by atoms with E-state index in [1.165, 1.54) is 12.4 Å². The van der Waals surface area contributed by atoms with E-state index in [2.05, 4.69) is 25.0 Å². The second-order valence-corrected chi connectivity index (χ2v) is 11.1. The van der Waals surface area contributed by atoms with Crippen LogP contribution < -0.4 is 0 Å². The second kappa shape index (κ2) is 7.85. The summed E-state index contributed by atoms with van der Waals surface area (Å²) >= 11 is 0. The van der Waals surface area contributed by atoms with Gasteiger partial charge >= 0.3 is 0 Å². The van der Waals surface area contributed by atoms with E-state index in [-0.39, 0.29) is 24.7 Å². The van der Waals surface area contributed by atoms with E-state index in [4.69, 9.17) is 0 Å². The fourth-order valence-corrected chi connectivity index (χ4v) is 5.89. The summed E-state index contributed by atoms with van der Waals surface area (Å²) in [6.45, 7) is -0.356. The van der Waals surface area contributed by atoms with Gasteiger partial charge in [0.25, 0.3) is 15.9 Å². The highest BCUT2D eigenvalue weighted by Gasteiger charge is 2.47. The average molecular weight is 502 g/mol. The highest BCUT2D eigenvalue weighted by atomic mass is 32.2. The molecule has 0 aromatic carbocycles. The molecule has 4 aromatic heterocycles. The lowest BCUT2D eigenvalue weighted by molar-refractivity contribution is -0.104. The molecule has 182 valence electrons. The van der Waals surface area contributed by atoms with E-state index in [0.29, 0.717) is 58.9 Å². The standard InChI is InChI=1S/C22H21F2N7O3S/c23-22(24)7-16(8-22)31-19-6-15(26-10-18(19)29-20(31)12-32)5-14-3-4-25-21(28-14)13-9-27-30(11-13)35(33,34)17-1-2-17/h3-4,6,9-11,16-17,32H,1-2,5,7-8,12H2. The summed E-state index contributed by atoms with van der Waals surface area (Å²) in [6, 6.07) is 3.07. The molecule has 0 atom stereocenters. The molecule has 0 saturated heterocycles. The van der Waals surface area contributed by atoms with Crippen LogP contribution in [0.2, 0.25) is 0 Å². The topological polar surface area (TPSA) is 129 Å². The molecule has 10 nitrogen and oxygen atoms in total. The number of aliphatic hydroxyl groups excluding tert-OH is 1. The lowest BCUT2D eigenvalue weighted by Gasteiger charge is -2.36. The predicted molar refractivity (Wildman–Crippen MR) is 120 cm³/mol. The summed E-state index contributed by atoms with van der Waals surface area (Å²) in [7, 11) is -3.48. The van der Waals surface area contributed by atoms with Gasteiger partial charge < -0.3 is 9.67 Å². The Morgan fingerprint density at radius 2 is 1.91 bits per heavy atom. The number of fused-ring (bicyclic) bond motifs is 1. The van der Waals surface area contributed by atoms with Gasteiger partial charge in [0, 0.05) is 37.2 Å². The molecular formula is C22H21F2N7O3S. The van der Waals surface area contributed by atoms with E-state index in [1.807, 2.05) is 0 Å². The molecule has 13 heteroatoms. The van der Waals surface area contributed by atoms with Crippen LogP contribution in [0.3, 0.4) is 0 Å². The fourth-order valence-electron chi connectivity index (χ4n) is 4.42. The lowest BCUT2D eigenvalue weighted by atomic mass is 9.87. The average Bonchev–Trinajstić information content (AvgIpc) is 3.44. The normalized spacial score (nSPS) is 18.1. The van der Waals surface area contributed by atoms with Gasteiger partial charge in [-0.3, -0.25) is 4.98 Å². The van der Waals surface area contributed by atoms with Crippen LogP contribution in [0, 0.1) is 0 Å². The summed E-state index contributed by atoms with van der Waals surface area (Å²) in [5.74, 6) is -2.03. The SMILES string of the molecule is O=S(=O)(C1CC1)n1cc(-c2nccc(Cc3cc4c(cn3)nc(CO)n4C3CC(F)(F)C3)n2)cn1. The van der Waals surface area contributed by atoms with Gasteiger partial charge in [0.05, 0.1) is 40.6 Å². The number of rotatable bonds is 7. The molecule has 4 aromatic rings.